The van der Waals surface area contributed by atoms with Crippen LogP contribution in [0.15, 0.2) is 30.3 Å². The molecule has 0 spiro atoms. The lowest BCUT2D eigenvalue weighted by molar-refractivity contribution is 0.393. The van der Waals surface area contributed by atoms with Gasteiger partial charge in [-0.15, -0.1) is 5.10 Å². The Labute approximate surface area is 139 Å². The fraction of sp³-hybridized carbons (Fsp3) is 0.500. The zero-order valence-corrected chi connectivity index (χ0v) is 14.5. The molecule has 1 fully saturated rings. The second-order valence-electron chi connectivity index (χ2n) is 6.72. The van der Waals surface area contributed by atoms with Crippen LogP contribution in [0.5, 0.6) is 0 Å². The highest BCUT2D eigenvalue weighted by atomic mass is 15.3. The molecule has 23 heavy (non-hydrogen) atoms. The van der Waals surface area contributed by atoms with Crippen LogP contribution in [0.25, 0.3) is 0 Å². The second kappa shape index (κ2) is 7.12. The lowest BCUT2D eigenvalue weighted by Crippen LogP contribution is -2.35. The zero-order chi connectivity index (χ0) is 16.2. The summed E-state index contributed by atoms with van der Waals surface area (Å²) < 4.78 is 0. The third kappa shape index (κ3) is 3.54. The van der Waals surface area contributed by atoms with Gasteiger partial charge < -0.3 is 4.90 Å². The highest BCUT2D eigenvalue weighted by Crippen LogP contribution is 2.28. The summed E-state index contributed by atoms with van der Waals surface area (Å²) in [6.07, 6.45) is 4.72. The standard InChI is InChI=1S/C20H27N3/c1-4-17-10-12-23(13-11-17)20-16(3)15(2)19(21-22-20)14-18-8-6-5-7-9-18/h5-9,17H,4,10-14H2,1-3H3. The van der Waals surface area contributed by atoms with E-state index in [1.165, 1.54) is 36.0 Å². The van der Waals surface area contributed by atoms with Crippen LogP contribution >= 0.6 is 0 Å². The van der Waals surface area contributed by atoms with Crippen molar-refractivity contribution in [2.24, 2.45) is 5.92 Å². The molecule has 0 bridgehead atoms. The molecule has 2 aromatic rings. The number of anilines is 1. The van der Waals surface area contributed by atoms with Crippen molar-refractivity contribution in [1.82, 2.24) is 10.2 Å². The van der Waals surface area contributed by atoms with Gasteiger partial charge in [0.1, 0.15) is 0 Å². The van der Waals surface area contributed by atoms with Crippen molar-refractivity contribution in [3.8, 4) is 0 Å². The van der Waals surface area contributed by atoms with E-state index in [0.29, 0.717) is 0 Å². The molecule has 1 saturated heterocycles. The van der Waals surface area contributed by atoms with E-state index in [4.69, 9.17) is 0 Å². The van der Waals surface area contributed by atoms with E-state index >= 15 is 0 Å². The third-order valence-corrected chi connectivity index (χ3v) is 5.30. The Balaban J connectivity index is 1.78. The van der Waals surface area contributed by atoms with Gasteiger partial charge in [0.25, 0.3) is 0 Å². The zero-order valence-electron chi connectivity index (χ0n) is 14.5. The maximum Gasteiger partial charge on any atom is 0.154 e. The van der Waals surface area contributed by atoms with Gasteiger partial charge in [0.15, 0.2) is 5.82 Å². The second-order valence-corrected chi connectivity index (χ2v) is 6.72. The first-order chi connectivity index (χ1) is 11.2. The minimum atomic E-state index is 0.860. The predicted octanol–water partition coefficient (Wildman–Crippen LogP) is 4.31. The summed E-state index contributed by atoms with van der Waals surface area (Å²) in [6.45, 7) is 8.91. The summed E-state index contributed by atoms with van der Waals surface area (Å²) in [5, 5.41) is 9.14. The molecule has 0 N–H and O–H groups in total. The fourth-order valence-electron chi connectivity index (χ4n) is 3.45. The van der Waals surface area contributed by atoms with E-state index in [9.17, 15) is 0 Å². The summed E-state index contributed by atoms with van der Waals surface area (Å²) in [5.41, 5.74) is 4.97. The molecule has 0 aliphatic carbocycles. The van der Waals surface area contributed by atoms with Gasteiger partial charge >= 0.3 is 0 Å². The van der Waals surface area contributed by atoms with Gasteiger partial charge in [-0.2, -0.15) is 5.10 Å². The topological polar surface area (TPSA) is 29.0 Å². The lowest BCUT2D eigenvalue weighted by atomic mass is 9.94. The predicted molar refractivity (Wildman–Crippen MR) is 96.0 cm³/mol. The monoisotopic (exact) mass is 309 g/mol. The van der Waals surface area contributed by atoms with Crippen molar-refractivity contribution in [3.05, 3.63) is 52.7 Å². The van der Waals surface area contributed by atoms with Crippen molar-refractivity contribution in [2.75, 3.05) is 18.0 Å². The van der Waals surface area contributed by atoms with Crippen LogP contribution in [0.4, 0.5) is 5.82 Å². The van der Waals surface area contributed by atoms with Crippen LogP contribution < -0.4 is 4.90 Å². The summed E-state index contributed by atoms with van der Waals surface area (Å²) in [4.78, 5) is 2.42. The van der Waals surface area contributed by atoms with Gasteiger partial charge in [-0.25, -0.2) is 0 Å². The van der Waals surface area contributed by atoms with E-state index in [-0.39, 0.29) is 0 Å². The first kappa shape index (κ1) is 16.0. The van der Waals surface area contributed by atoms with Gasteiger partial charge in [0.2, 0.25) is 0 Å². The average Bonchev–Trinajstić information content (AvgIpc) is 2.60. The molecule has 122 valence electrons. The van der Waals surface area contributed by atoms with Crippen molar-refractivity contribution < 1.29 is 0 Å². The van der Waals surface area contributed by atoms with Crippen LogP contribution in [0.1, 0.15) is 48.6 Å². The molecule has 0 radical (unpaired) electrons. The number of hydrogen-bond donors (Lipinski definition) is 0. The summed E-state index contributed by atoms with van der Waals surface area (Å²) in [7, 11) is 0. The Bertz CT molecular complexity index is 643. The molecule has 0 atom stereocenters. The quantitative estimate of drug-likeness (QED) is 0.842. The average molecular weight is 309 g/mol. The number of benzene rings is 1. The smallest absolute Gasteiger partial charge is 0.154 e. The van der Waals surface area contributed by atoms with Crippen molar-refractivity contribution in [3.63, 3.8) is 0 Å². The van der Waals surface area contributed by atoms with Crippen LogP contribution in [0, 0.1) is 19.8 Å². The first-order valence-corrected chi connectivity index (χ1v) is 8.80. The molecule has 1 aromatic heterocycles. The molecule has 0 unspecified atom stereocenters. The molecule has 0 saturated carbocycles. The maximum absolute atomic E-state index is 4.59. The number of rotatable bonds is 4. The van der Waals surface area contributed by atoms with E-state index < -0.39 is 0 Å². The van der Waals surface area contributed by atoms with Crippen LogP contribution in [-0.2, 0) is 6.42 Å². The van der Waals surface area contributed by atoms with E-state index in [2.05, 4.69) is 66.2 Å². The third-order valence-electron chi connectivity index (χ3n) is 5.30. The minimum absolute atomic E-state index is 0.860. The number of hydrogen-bond acceptors (Lipinski definition) is 3. The van der Waals surface area contributed by atoms with Gasteiger partial charge in [0, 0.05) is 19.5 Å². The Morgan fingerprint density at radius 3 is 2.35 bits per heavy atom. The highest BCUT2D eigenvalue weighted by Gasteiger charge is 2.21. The molecular weight excluding hydrogens is 282 g/mol. The van der Waals surface area contributed by atoms with Gasteiger partial charge in [-0.3, -0.25) is 0 Å². The van der Waals surface area contributed by atoms with Gasteiger partial charge in [-0.05, 0) is 49.3 Å². The summed E-state index contributed by atoms with van der Waals surface area (Å²) in [6, 6.07) is 10.5. The van der Waals surface area contributed by atoms with Gasteiger partial charge in [-0.1, -0.05) is 43.7 Å². The summed E-state index contributed by atoms with van der Waals surface area (Å²) >= 11 is 0. The summed E-state index contributed by atoms with van der Waals surface area (Å²) in [5.74, 6) is 1.98. The van der Waals surface area contributed by atoms with E-state index in [1.807, 2.05) is 0 Å². The molecule has 1 aliphatic heterocycles. The SMILES string of the molecule is CCC1CCN(c2nnc(Cc3ccccc3)c(C)c2C)CC1. The lowest BCUT2D eigenvalue weighted by Gasteiger charge is -2.33. The first-order valence-electron chi connectivity index (χ1n) is 8.80. The molecule has 3 nitrogen and oxygen atoms in total. The minimum Gasteiger partial charge on any atom is -0.355 e. The Kier molecular flexibility index (Phi) is 4.94. The Morgan fingerprint density at radius 2 is 1.70 bits per heavy atom. The van der Waals surface area contributed by atoms with E-state index in [1.54, 1.807) is 0 Å². The van der Waals surface area contributed by atoms with Crippen LogP contribution in [0.2, 0.25) is 0 Å². The van der Waals surface area contributed by atoms with Crippen LogP contribution in [-0.4, -0.2) is 23.3 Å². The Morgan fingerprint density at radius 1 is 1.00 bits per heavy atom. The molecule has 2 heterocycles. The van der Waals surface area contributed by atoms with E-state index in [0.717, 1.165) is 36.9 Å². The fourth-order valence-corrected chi connectivity index (χ4v) is 3.45. The molecular formula is C20H27N3. The van der Waals surface area contributed by atoms with Crippen molar-refractivity contribution in [1.29, 1.82) is 0 Å². The van der Waals surface area contributed by atoms with Crippen molar-refractivity contribution >= 4 is 5.82 Å². The number of aromatic nitrogens is 2. The number of nitrogens with zero attached hydrogens (tertiary/aromatic N) is 3. The van der Waals surface area contributed by atoms with Crippen molar-refractivity contribution in [2.45, 2.75) is 46.5 Å². The normalized spacial score (nSPS) is 15.9. The highest BCUT2D eigenvalue weighted by molar-refractivity contribution is 5.50. The van der Waals surface area contributed by atoms with Crippen LogP contribution in [0.3, 0.4) is 0 Å². The molecule has 1 aliphatic rings. The largest absolute Gasteiger partial charge is 0.355 e. The molecule has 1 aromatic carbocycles. The maximum atomic E-state index is 4.59. The molecule has 0 amide bonds. The molecule has 3 heteroatoms. The molecule has 3 rings (SSSR count). The van der Waals surface area contributed by atoms with Gasteiger partial charge in [0.05, 0.1) is 5.69 Å². The number of piperidine rings is 1. The Hall–Kier alpha value is -1.90.